The van der Waals surface area contributed by atoms with Gasteiger partial charge in [0, 0.05) is 5.56 Å². The number of sulfonamides is 1. The van der Waals surface area contributed by atoms with Gasteiger partial charge in [-0.15, -0.1) is 11.6 Å². The number of Topliss-reactive ketones (excluding diaryl/α,β-unsaturated/α-hetero) is 1. The van der Waals surface area contributed by atoms with Gasteiger partial charge in [-0.05, 0) is 19.1 Å². The Morgan fingerprint density at radius 1 is 1.04 bits per heavy atom. The van der Waals surface area contributed by atoms with Gasteiger partial charge < -0.3 is 4.74 Å². The molecule has 26 heavy (non-hydrogen) atoms. The first-order chi connectivity index (χ1) is 12.3. The van der Waals surface area contributed by atoms with E-state index in [0.717, 1.165) is 12.7 Å². The summed E-state index contributed by atoms with van der Waals surface area (Å²) < 4.78 is 31.9. The van der Waals surface area contributed by atoms with E-state index in [-0.39, 0.29) is 10.5 Å². The van der Waals surface area contributed by atoms with E-state index in [1.54, 1.807) is 30.3 Å². The molecular formula is C18H18ClNO5S. The molecule has 0 fully saturated rings. The van der Waals surface area contributed by atoms with Crippen LogP contribution in [0.15, 0.2) is 59.5 Å². The fourth-order valence-electron chi connectivity index (χ4n) is 2.22. The van der Waals surface area contributed by atoms with Crippen LogP contribution in [0.2, 0.25) is 0 Å². The molecule has 0 spiro atoms. The molecule has 0 unspecified atom stereocenters. The summed E-state index contributed by atoms with van der Waals surface area (Å²) in [5, 5.41) is -1.47. The molecule has 6 nitrogen and oxygen atoms in total. The van der Waals surface area contributed by atoms with E-state index >= 15 is 0 Å². The molecule has 2 aromatic carbocycles. The minimum atomic E-state index is -4.08. The first-order valence-electron chi connectivity index (χ1n) is 7.66. The summed E-state index contributed by atoms with van der Waals surface area (Å²) in [4.78, 5) is 24.5. The molecule has 0 saturated carbocycles. The van der Waals surface area contributed by atoms with E-state index in [2.05, 4.69) is 9.46 Å². The Balaban J connectivity index is 2.31. The second-order valence-electron chi connectivity index (χ2n) is 5.57. The molecule has 8 heteroatoms. The van der Waals surface area contributed by atoms with Crippen molar-refractivity contribution >= 4 is 33.4 Å². The van der Waals surface area contributed by atoms with E-state index < -0.39 is 33.2 Å². The third kappa shape index (κ3) is 4.69. The van der Waals surface area contributed by atoms with Crippen LogP contribution in [0, 0.1) is 6.92 Å². The number of halogens is 1. The van der Waals surface area contributed by atoms with Gasteiger partial charge >= 0.3 is 5.97 Å². The smallest absolute Gasteiger partial charge is 0.325 e. The molecule has 0 heterocycles. The molecule has 0 bridgehead atoms. The molecule has 138 valence electrons. The zero-order valence-electron chi connectivity index (χ0n) is 14.2. The molecule has 0 radical (unpaired) electrons. The number of carbonyl (C=O) groups is 2. The third-order valence-electron chi connectivity index (χ3n) is 3.67. The summed E-state index contributed by atoms with van der Waals surface area (Å²) in [5.74, 6) is -1.54. The van der Waals surface area contributed by atoms with Crippen LogP contribution in [0.4, 0.5) is 0 Å². The second-order valence-corrected chi connectivity index (χ2v) is 7.75. The average molecular weight is 396 g/mol. The van der Waals surface area contributed by atoms with Crippen molar-refractivity contribution in [1.29, 1.82) is 0 Å². The number of esters is 1. The summed E-state index contributed by atoms with van der Waals surface area (Å²) in [6.45, 7) is 1.81. The van der Waals surface area contributed by atoms with Crippen LogP contribution in [0.3, 0.4) is 0 Å². The zero-order chi connectivity index (χ0) is 19.3. The van der Waals surface area contributed by atoms with Crippen LogP contribution in [-0.4, -0.2) is 38.7 Å². The lowest BCUT2D eigenvalue weighted by Crippen LogP contribution is -2.50. The number of ketones is 1. The van der Waals surface area contributed by atoms with Crippen molar-refractivity contribution in [1.82, 2.24) is 4.72 Å². The van der Waals surface area contributed by atoms with Crippen LogP contribution in [-0.2, 0) is 19.6 Å². The van der Waals surface area contributed by atoms with Crippen molar-refractivity contribution in [2.75, 3.05) is 7.11 Å². The number of hydrogen-bond acceptors (Lipinski definition) is 5. The lowest BCUT2D eigenvalue weighted by molar-refractivity contribution is -0.142. The van der Waals surface area contributed by atoms with Gasteiger partial charge in [0.2, 0.25) is 10.0 Å². The fourth-order valence-corrected chi connectivity index (χ4v) is 3.78. The standard InChI is InChI=1S/C18H18ClNO5S/c1-12-8-10-14(11-9-12)26(23,24)20-16(18(22)25-2)15(19)17(21)13-6-4-3-5-7-13/h3-11,15-16,20H,1-2H3/t15-,16+/m1/s1. The van der Waals surface area contributed by atoms with Crippen molar-refractivity contribution in [3.05, 3.63) is 65.7 Å². The number of benzene rings is 2. The van der Waals surface area contributed by atoms with Crippen LogP contribution in [0.25, 0.3) is 0 Å². The van der Waals surface area contributed by atoms with Crippen molar-refractivity contribution in [3.8, 4) is 0 Å². The van der Waals surface area contributed by atoms with Gasteiger partial charge in [0.25, 0.3) is 0 Å². The summed E-state index contributed by atoms with van der Waals surface area (Å²) >= 11 is 6.15. The Kier molecular flexibility index (Phi) is 6.52. The highest BCUT2D eigenvalue weighted by molar-refractivity contribution is 7.89. The van der Waals surface area contributed by atoms with Gasteiger partial charge in [-0.25, -0.2) is 8.42 Å². The van der Waals surface area contributed by atoms with Crippen LogP contribution >= 0.6 is 11.6 Å². The van der Waals surface area contributed by atoms with Crippen molar-refractivity contribution in [2.45, 2.75) is 23.2 Å². The van der Waals surface area contributed by atoms with E-state index in [1.807, 2.05) is 6.92 Å². The summed E-state index contributed by atoms with van der Waals surface area (Å²) in [6.07, 6.45) is 0. The topological polar surface area (TPSA) is 89.5 Å². The predicted molar refractivity (Wildman–Crippen MR) is 97.7 cm³/mol. The lowest BCUT2D eigenvalue weighted by Gasteiger charge is -2.20. The van der Waals surface area contributed by atoms with Gasteiger partial charge in [0.15, 0.2) is 5.78 Å². The highest BCUT2D eigenvalue weighted by Crippen LogP contribution is 2.17. The maximum absolute atomic E-state index is 12.5. The molecule has 1 N–H and O–H groups in total. The molecule has 0 aliphatic rings. The number of methoxy groups -OCH3 is 1. The van der Waals surface area contributed by atoms with E-state index in [0.29, 0.717) is 0 Å². The number of alkyl halides is 1. The molecule has 0 saturated heterocycles. The number of nitrogens with one attached hydrogen (secondary N) is 1. The van der Waals surface area contributed by atoms with Gasteiger partial charge in [-0.2, -0.15) is 4.72 Å². The molecule has 2 rings (SSSR count). The average Bonchev–Trinajstić information content (AvgIpc) is 2.65. The third-order valence-corrected chi connectivity index (χ3v) is 5.58. The SMILES string of the molecule is COC(=O)[C@@H](NS(=O)(=O)c1ccc(C)cc1)[C@@H](Cl)C(=O)c1ccccc1. The largest absolute Gasteiger partial charge is 0.468 e. The number of hydrogen-bond donors (Lipinski definition) is 1. The minimum Gasteiger partial charge on any atom is -0.468 e. The zero-order valence-corrected chi connectivity index (χ0v) is 15.8. The van der Waals surface area contributed by atoms with Crippen LogP contribution < -0.4 is 4.72 Å². The van der Waals surface area contributed by atoms with Gasteiger partial charge in [0.05, 0.1) is 12.0 Å². The molecule has 0 aliphatic carbocycles. The van der Waals surface area contributed by atoms with Gasteiger partial charge in [-0.1, -0.05) is 48.0 Å². The molecule has 2 aromatic rings. The van der Waals surface area contributed by atoms with Crippen molar-refractivity contribution in [2.24, 2.45) is 0 Å². The maximum Gasteiger partial charge on any atom is 0.325 e. The first kappa shape index (κ1) is 20.1. The minimum absolute atomic E-state index is 0.0481. The number of aryl methyl sites for hydroxylation is 1. The maximum atomic E-state index is 12.5. The highest BCUT2D eigenvalue weighted by Gasteiger charge is 2.37. The van der Waals surface area contributed by atoms with E-state index in [9.17, 15) is 18.0 Å². The first-order valence-corrected chi connectivity index (χ1v) is 9.58. The number of ether oxygens (including phenoxy) is 1. The Hall–Kier alpha value is -2.22. The Labute approximate surface area is 157 Å². The summed E-state index contributed by atoms with van der Waals surface area (Å²) in [5.41, 5.74) is 1.14. The summed E-state index contributed by atoms with van der Waals surface area (Å²) in [6, 6.07) is 12.5. The quantitative estimate of drug-likeness (QED) is 0.441. The number of rotatable bonds is 7. The Morgan fingerprint density at radius 2 is 1.62 bits per heavy atom. The highest BCUT2D eigenvalue weighted by atomic mass is 35.5. The fraction of sp³-hybridized carbons (Fsp3) is 0.222. The number of carbonyl (C=O) groups excluding carboxylic acids is 2. The monoisotopic (exact) mass is 395 g/mol. The van der Waals surface area contributed by atoms with Gasteiger partial charge in [0.1, 0.15) is 11.4 Å². The predicted octanol–water partition coefficient (Wildman–Crippen LogP) is 2.31. The van der Waals surface area contributed by atoms with Crippen molar-refractivity contribution in [3.63, 3.8) is 0 Å². The molecular weight excluding hydrogens is 378 g/mol. The van der Waals surface area contributed by atoms with Crippen LogP contribution in [0.1, 0.15) is 15.9 Å². The van der Waals surface area contributed by atoms with E-state index in [1.165, 1.54) is 24.3 Å². The van der Waals surface area contributed by atoms with Crippen molar-refractivity contribution < 1.29 is 22.7 Å². The normalized spacial score (nSPS) is 13.7. The molecule has 0 aliphatic heterocycles. The Bertz CT molecular complexity index is 882. The van der Waals surface area contributed by atoms with Crippen LogP contribution in [0.5, 0.6) is 0 Å². The Morgan fingerprint density at radius 3 is 2.15 bits per heavy atom. The molecule has 0 amide bonds. The second kappa shape index (κ2) is 8.44. The lowest BCUT2D eigenvalue weighted by atomic mass is 10.0. The summed E-state index contributed by atoms with van der Waals surface area (Å²) in [7, 11) is -2.99. The van der Waals surface area contributed by atoms with Gasteiger partial charge in [-0.3, -0.25) is 9.59 Å². The molecule has 0 aromatic heterocycles. The van der Waals surface area contributed by atoms with E-state index in [4.69, 9.17) is 11.6 Å². The molecule has 2 atom stereocenters.